The molecule has 4 nitrogen and oxygen atoms in total. The van der Waals surface area contributed by atoms with Crippen molar-refractivity contribution in [2.24, 2.45) is 0 Å². The van der Waals surface area contributed by atoms with Gasteiger partial charge in [-0.1, -0.05) is 0 Å². The standard InChI is InChI=1S/Na.H3O4P.Zr/c;1-5(2,3)4;/h;(H3,1,2,3,4);. The summed E-state index contributed by atoms with van der Waals surface area (Å²) in [7, 11) is -4.64. The van der Waals surface area contributed by atoms with Crippen LogP contribution >= 0.6 is 7.82 Å². The summed E-state index contributed by atoms with van der Waals surface area (Å²) < 4.78 is 8.88. The molecule has 0 unspecified atom stereocenters. The topological polar surface area (TPSA) is 77.8 Å². The molecule has 0 saturated carbocycles. The number of rotatable bonds is 0. The van der Waals surface area contributed by atoms with Gasteiger partial charge in [0.2, 0.25) is 0 Å². The Balaban J connectivity index is -0.0000000800. The van der Waals surface area contributed by atoms with E-state index in [4.69, 9.17) is 19.2 Å². The normalized spacial score (nSPS) is 8.43. The minimum atomic E-state index is -4.64. The van der Waals surface area contributed by atoms with Crippen molar-refractivity contribution in [3.05, 3.63) is 0 Å². The van der Waals surface area contributed by atoms with Crippen molar-refractivity contribution in [1.82, 2.24) is 0 Å². The maximum atomic E-state index is 8.88. The van der Waals surface area contributed by atoms with Gasteiger partial charge in [0.05, 0.1) is 0 Å². The Bertz CT molecular complexity index is 57.8. The molecule has 1 radical (unpaired) electrons. The zero-order valence-corrected chi connectivity index (χ0v) is 9.05. The molecule has 0 amide bonds. The van der Waals surface area contributed by atoms with Gasteiger partial charge >= 0.3 is 7.82 Å². The fraction of sp³-hybridized carbons (Fsp3) is 0. The number of hydrogen-bond acceptors (Lipinski definition) is 1. The number of hydrogen-bond donors (Lipinski definition) is 3. The Morgan fingerprint density at radius 1 is 1.14 bits per heavy atom. The van der Waals surface area contributed by atoms with E-state index in [0.717, 1.165) is 0 Å². The predicted molar refractivity (Wildman–Crippen MR) is 20.0 cm³/mol. The van der Waals surface area contributed by atoms with Crippen molar-refractivity contribution >= 4 is 37.4 Å². The maximum Gasteiger partial charge on any atom is 0.466 e. The summed E-state index contributed by atoms with van der Waals surface area (Å²) in [6.07, 6.45) is 0. The SMILES string of the molecule is O=P(O)(O)O.[Na].[Zr]. The summed E-state index contributed by atoms with van der Waals surface area (Å²) in [5.41, 5.74) is 0. The van der Waals surface area contributed by atoms with Crippen LogP contribution in [0, 0.1) is 0 Å². The first-order valence-corrected chi connectivity index (χ1v) is 2.35. The van der Waals surface area contributed by atoms with Crippen molar-refractivity contribution in [2.45, 2.75) is 0 Å². The van der Waals surface area contributed by atoms with Gasteiger partial charge in [0.15, 0.2) is 0 Å². The van der Waals surface area contributed by atoms with Gasteiger partial charge in [0, 0.05) is 55.8 Å². The van der Waals surface area contributed by atoms with Crippen LogP contribution in [0.2, 0.25) is 0 Å². The van der Waals surface area contributed by atoms with Crippen LogP contribution in [0.3, 0.4) is 0 Å². The van der Waals surface area contributed by atoms with E-state index in [0.29, 0.717) is 0 Å². The Hall–Kier alpha value is 1.99. The zero-order chi connectivity index (χ0) is 4.50. The fourth-order valence-corrected chi connectivity index (χ4v) is 0. The van der Waals surface area contributed by atoms with E-state index in [1.165, 1.54) is 0 Å². The van der Waals surface area contributed by atoms with Crippen molar-refractivity contribution in [1.29, 1.82) is 0 Å². The summed E-state index contributed by atoms with van der Waals surface area (Å²) in [5.74, 6) is 0. The van der Waals surface area contributed by atoms with Gasteiger partial charge < -0.3 is 14.7 Å². The Morgan fingerprint density at radius 3 is 1.14 bits per heavy atom. The van der Waals surface area contributed by atoms with Gasteiger partial charge in [0.25, 0.3) is 0 Å². The average Bonchev–Trinajstić information content (AvgIpc) is 0.722. The first kappa shape index (κ1) is 16.0. The molecule has 0 fully saturated rings. The van der Waals surface area contributed by atoms with Crippen LogP contribution in [0.25, 0.3) is 0 Å². The molecule has 7 heavy (non-hydrogen) atoms. The second kappa shape index (κ2) is 6.12. The first-order chi connectivity index (χ1) is 2.00. The third-order valence-electron chi connectivity index (χ3n) is 0. The van der Waals surface area contributed by atoms with E-state index in [1.807, 2.05) is 0 Å². The molecule has 0 heterocycles. The van der Waals surface area contributed by atoms with Crippen LogP contribution in [-0.4, -0.2) is 44.2 Å². The summed E-state index contributed by atoms with van der Waals surface area (Å²) in [6.45, 7) is 0. The van der Waals surface area contributed by atoms with Gasteiger partial charge in [-0.2, -0.15) is 0 Å². The van der Waals surface area contributed by atoms with Gasteiger partial charge in [-0.3, -0.25) is 0 Å². The summed E-state index contributed by atoms with van der Waals surface area (Å²) in [4.78, 5) is 21.6. The first-order valence-electron chi connectivity index (χ1n) is 0.783. The molecule has 0 saturated heterocycles. The Kier molecular flexibility index (Phi) is 14.0. The largest absolute Gasteiger partial charge is 0.466 e. The van der Waals surface area contributed by atoms with Crippen LogP contribution in [-0.2, 0) is 30.8 Å². The molecule has 0 aromatic heterocycles. The van der Waals surface area contributed by atoms with E-state index in [2.05, 4.69) is 0 Å². The molecule has 0 spiro atoms. The average molecular weight is 212 g/mol. The van der Waals surface area contributed by atoms with Crippen LogP contribution in [0.5, 0.6) is 0 Å². The van der Waals surface area contributed by atoms with E-state index < -0.39 is 7.82 Å². The monoisotopic (exact) mass is 211 g/mol. The molecule has 0 aliphatic carbocycles. The summed E-state index contributed by atoms with van der Waals surface area (Å²) in [6, 6.07) is 0. The summed E-state index contributed by atoms with van der Waals surface area (Å²) in [5, 5.41) is 0. The molecule has 3 N–H and O–H groups in total. The molecule has 0 aromatic carbocycles. The Morgan fingerprint density at radius 2 is 1.14 bits per heavy atom. The van der Waals surface area contributed by atoms with Gasteiger partial charge in [-0.15, -0.1) is 0 Å². The Labute approximate surface area is 82.0 Å². The minimum absolute atomic E-state index is 0. The quantitative estimate of drug-likeness (QED) is 0.344. The van der Waals surface area contributed by atoms with E-state index >= 15 is 0 Å². The van der Waals surface area contributed by atoms with Crippen LogP contribution in [0.15, 0.2) is 0 Å². The molecule has 7 heteroatoms. The predicted octanol–water partition coefficient (Wildman–Crippen LogP) is -1.31. The molecular weight excluding hydrogens is 209 g/mol. The third-order valence-corrected chi connectivity index (χ3v) is 0. The molecule has 0 aliphatic heterocycles. The van der Waals surface area contributed by atoms with E-state index in [-0.39, 0.29) is 55.8 Å². The summed E-state index contributed by atoms with van der Waals surface area (Å²) >= 11 is 0. The molecule has 0 aromatic rings. The molecule has 0 rings (SSSR count). The molecule has 37 valence electrons. The number of phosphoric acid groups is 1. The molecule has 0 bridgehead atoms. The third kappa shape index (κ3) is 72.3. The molecule has 0 aliphatic rings. The van der Waals surface area contributed by atoms with E-state index in [1.54, 1.807) is 0 Å². The molecule has 0 atom stereocenters. The molecular formula is H3NaO4PZr. The van der Waals surface area contributed by atoms with Crippen molar-refractivity contribution in [2.75, 3.05) is 0 Å². The maximum absolute atomic E-state index is 8.88. The van der Waals surface area contributed by atoms with Crippen molar-refractivity contribution in [3.8, 4) is 0 Å². The fourth-order valence-electron chi connectivity index (χ4n) is 0. The second-order valence-electron chi connectivity index (χ2n) is 0.513. The van der Waals surface area contributed by atoms with Crippen molar-refractivity contribution < 1.29 is 45.4 Å². The van der Waals surface area contributed by atoms with Gasteiger partial charge in [-0.05, 0) is 0 Å². The van der Waals surface area contributed by atoms with Crippen LogP contribution in [0.4, 0.5) is 0 Å². The van der Waals surface area contributed by atoms with Crippen molar-refractivity contribution in [3.63, 3.8) is 0 Å². The van der Waals surface area contributed by atoms with Gasteiger partial charge in [0.1, 0.15) is 0 Å². The smallest absolute Gasteiger partial charge is 0.303 e. The second-order valence-corrected chi connectivity index (χ2v) is 1.54. The zero-order valence-electron chi connectivity index (χ0n) is 3.70. The van der Waals surface area contributed by atoms with Crippen LogP contribution < -0.4 is 0 Å². The van der Waals surface area contributed by atoms with E-state index in [9.17, 15) is 0 Å². The van der Waals surface area contributed by atoms with Crippen LogP contribution in [0.1, 0.15) is 0 Å². The minimum Gasteiger partial charge on any atom is -0.303 e. The van der Waals surface area contributed by atoms with Gasteiger partial charge in [-0.25, -0.2) is 4.57 Å².